The third kappa shape index (κ3) is 30.9. The normalized spacial score (nSPS) is 13.0. The Kier molecular flexibility index (Phi) is 23.8. The molecular formula is C28H68O6Si4. The highest BCUT2D eigenvalue weighted by molar-refractivity contribution is 6.76. The summed E-state index contributed by atoms with van der Waals surface area (Å²) in [5.41, 5.74) is 1.95. The monoisotopic (exact) mass is 612 g/mol. The predicted octanol–water partition coefficient (Wildman–Crippen LogP) is 8.57. The zero-order valence-electron chi connectivity index (χ0n) is 28.7. The van der Waals surface area contributed by atoms with Crippen LogP contribution in [-0.2, 0) is 26.6 Å². The standard InChI is InChI=1S/C14H34O3Si2.C7H18O2Si.C7H16OSi/c1-12(2)15-18(7,8)10-11-19(9,16-13(3)4)17-14(5)6;1-6(2)8-10(5)9-7(3)4;1-6-9(4,5)8-7(2)3/h12-14H,10-11H2,1-9H3;6-7,10H,1-5H3;6-7H,1H2,2-5H3. The van der Waals surface area contributed by atoms with Crippen LogP contribution in [0.3, 0.4) is 0 Å². The van der Waals surface area contributed by atoms with Crippen LogP contribution in [0.5, 0.6) is 0 Å². The second-order valence-corrected chi connectivity index (χ2v) is 25.8. The Labute approximate surface area is 243 Å². The van der Waals surface area contributed by atoms with Crippen LogP contribution in [0.1, 0.15) is 83.1 Å². The highest BCUT2D eigenvalue weighted by atomic mass is 28.4. The molecule has 0 N–H and O–H groups in total. The van der Waals surface area contributed by atoms with Crippen LogP contribution >= 0.6 is 0 Å². The molecule has 0 aromatic heterocycles. The molecule has 0 aromatic carbocycles. The molecule has 0 heterocycles. The first-order valence-electron chi connectivity index (χ1n) is 14.6. The first-order valence-corrected chi connectivity index (χ1v) is 25.3. The van der Waals surface area contributed by atoms with Gasteiger partial charge in [-0.05, 0) is 134 Å². The Morgan fingerprint density at radius 1 is 0.553 bits per heavy atom. The number of hydrogen-bond donors (Lipinski definition) is 0. The van der Waals surface area contributed by atoms with Crippen LogP contribution in [-0.4, -0.2) is 71.1 Å². The van der Waals surface area contributed by atoms with E-state index in [2.05, 4.69) is 101 Å². The van der Waals surface area contributed by atoms with E-state index in [9.17, 15) is 0 Å². The van der Waals surface area contributed by atoms with Gasteiger partial charge in [0.15, 0.2) is 8.32 Å². The molecule has 0 atom stereocenters. The van der Waals surface area contributed by atoms with E-state index in [1.165, 1.54) is 0 Å². The van der Waals surface area contributed by atoms with Gasteiger partial charge in [-0.25, -0.2) is 0 Å². The van der Waals surface area contributed by atoms with Crippen molar-refractivity contribution in [1.82, 2.24) is 0 Å². The van der Waals surface area contributed by atoms with Gasteiger partial charge < -0.3 is 26.6 Å². The molecule has 0 aromatic rings. The molecule has 0 saturated carbocycles. The van der Waals surface area contributed by atoms with Crippen LogP contribution in [0.25, 0.3) is 0 Å². The summed E-state index contributed by atoms with van der Waals surface area (Å²) in [5, 5.41) is 0. The topological polar surface area (TPSA) is 55.4 Å². The first-order chi connectivity index (χ1) is 17.0. The van der Waals surface area contributed by atoms with E-state index in [1.807, 2.05) is 33.4 Å². The molecule has 0 amide bonds. The fourth-order valence-electron chi connectivity index (χ4n) is 3.82. The van der Waals surface area contributed by atoms with Crippen molar-refractivity contribution >= 4 is 34.5 Å². The van der Waals surface area contributed by atoms with Gasteiger partial charge in [0.1, 0.15) is 0 Å². The molecule has 0 saturated heterocycles. The lowest BCUT2D eigenvalue weighted by molar-refractivity contribution is 0.110. The highest BCUT2D eigenvalue weighted by Crippen LogP contribution is 2.26. The highest BCUT2D eigenvalue weighted by Gasteiger charge is 2.37. The Bertz CT molecular complexity index is 562. The van der Waals surface area contributed by atoms with Crippen LogP contribution in [0.4, 0.5) is 0 Å². The average Bonchev–Trinajstić information content (AvgIpc) is 2.63. The quantitative estimate of drug-likeness (QED) is 0.163. The summed E-state index contributed by atoms with van der Waals surface area (Å²) < 4.78 is 34.9. The summed E-state index contributed by atoms with van der Waals surface area (Å²) in [6.07, 6.45) is 1.72. The molecule has 0 spiro atoms. The Morgan fingerprint density at radius 2 is 0.895 bits per heavy atom. The minimum absolute atomic E-state index is 0.228. The van der Waals surface area contributed by atoms with Gasteiger partial charge in [-0.1, -0.05) is 5.70 Å². The predicted molar refractivity (Wildman–Crippen MR) is 177 cm³/mol. The van der Waals surface area contributed by atoms with Crippen molar-refractivity contribution in [2.24, 2.45) is 0 Å². The van der Waals surface area contributed by atoms with Gasteiger partial charge in [0.05, 0.1) is 0 Å². The van der Waals surface area contributed by atoms with Gasteiger partial charge in [-0.15, -0.1) is 6.58 Å². The minimum atomic E-state index is -2.08. The summed E-state index contributed by atoms with van der Waals surface area (Å²) >= 11 is 0. The Hall–Kier alpha value is 0.368. The van der Waals surface area contributed by atoms with Crippen LogP contribution < -0.4 is 0 Å². The van der Waals surface area contributed by atoms with E-state index in [-0.39, 0.29) is 12.2 Å². The summed E-state index contributed by atoms with van der Waals surface area (Å²) in [5.74, 6) is 0. The lowest BCUT2D eigenvalue weighted by atomic mass is 10.5. The van der Waals surface area contributed by atoms with Crippen molar-refractivity contribution in [3.8, 4) is 0 Å². The molecular weight excluding hydrogens is 545 g/mol. The molecule has 0 aliphatic heterocycles. The maximum absolute atomic E-state index is 6.13. The van der Waals surface area contributed by atoms with Crippen molar-refractivity contribution in [1.29, 1.82) is 0 Å². The molecule has 6 nitrogen and oxygen atoms in total. The molecule has 0 rings (SSSR count). The maximum Gasteiger partial charge on any atom is 0.335 e. The van der Waals surface area contributed by atoms with Crippen LogP contribution in [0.15, 0.2) is 12.3 Å². The van der Waals surface area contributed by atoms with Crippen molar-refractivity contribution in [2.75, 3.05) is 0 Å². The summed E-state index contributed by atoms with van der Waals surface area (Å²) in [6.45, 7) is 41.6. The van der Waals surface area contributed by atoms with Gasteiger partial charge >= 0.3 is 17.8 Å². The molecule has 0 aliphatic rings. The lowest BCUT2D eigenvalue weighted by Gasteiger charge is -2.34. The van der Waals surface area contributed by atoms with Crippen molar-refractivity contribution in [3.63, 3.8) is 0 Å². The molecule has 0 fully saturated rings. The van der Waals surface area contributed by atoms with E-state index < -0.39 is 34.5 Å². The van der Waals surface area contributed by atoms with Crippen molar-refractivity contribution in [2.45, 2.75) is 171 Å². The zero-order valence-corrected chi connectivity index (χ0v) is 32.8. The third-order valence-corrected chi connectivity index (χ3v) is 14.7. The van der Waals surface area contributed by atoms with E-state index in [1.54, 1.807) is 0 Å². The average molecular weight is 613 g/mol. The number of hydrogen-bond acceptors (Lipinski definition) is 6. The van der Waals surface area contributed by atoms with Gasteiger partial charge in [0.2, 0.25) is 8.32 Å². The Balaban J connectivity index is -0.000000541. The third-order valence-electron chi connectivity index (χ3n) is 4.66. The van der Waals surface area contributed by atoms with E-state index in [0.29, 0.717) is 24.4 Å². The van der Waals surface area contributed by atoms with Crippen LogP contribution in [0, 0.1) is 0 Å². The van der Waals surface area contributed by atoms with E-state index in [4.69, 9.17) is 26.6 Å². The molecule has 0 aliphatic carbocycles. The maximum atomic E-state index is 6.13. The number of rotatable bonds is 16. The van der Waals surface area contributed by atoms with Gasteiger partial charge in [0, 0.05) is 36.6 Å². The van der Waals surface area contributed by atoms with E-state index in [0.717, 1.165) is 12.1 Å². The SMILES string of the molecule is C=C[Si](C)(C)OC(C)C.CC(C)O[SiH](C)OC(C)C.CC(C)O[Si](C)(C)CC[Si](C)(OC(C)C)OC(C)C. The zero-order chi connectivity index (χ0) is 30.9. The van der Waals surface area contributed by atoms with Gasteiger partial charge in [-0.2, -0.15) is 0 Å². The molecule has 38 heavy (non-hydrogen) atoms. The van der Waals surface area contributed by atoms with Crippen molar-refractivity contribution in [3.05, 3.63) is 12.3 Å². The first kappa shape index (κ1) is 42.8. The lowest BCUT2D eigenvalue weighted by Crippen LogP contribution is -2.45. The second kappa shape index (κ2) is 21.1. The summed E-state index contributed by atoms with van der Waals surface area (Å²) in [6, 6.07) is 2.13. The molecule has 232 valence electrons. The molecule has 10 heteroatoms. The smallest absolute Gasteiger partial charge is 0.335 e. The largest absolute Gasteiger partial charge is 0.415 e. The fraction of sp³-hybridized carbons (Fsp3) is 0.929. The van der Waals surface area contributed by atoms with Crippen molar-refractivity contribution < 1.29 is 26.6 Å². The van der Waals surface area contributed by atoms with Crippen LogP contribution in [0.2, 0.25) is 51.4 Å². The summed E-state index contributed by atoms with van der Waals surface area (Å²) in [4.78, 5) is 0. The van der Waals surface area contributed by atoms with Gasteiger partial charge in [0.25, 0.3) is 0 Å². The van der Waals surface area contributed by atoms with Gasteiger partial charge in [-0.3, -0.25) is 0 Å². The molecule has 0 radical (unpaired) electrons. The second-order valence-electron chi connectivity index (χ2n) is 12.8. The fourth-order valence-corrected chi connectivity index (χ4v) is 14.6. The minimum Gasteiger partial charge on any atom is -0.415 e. The summed E-state index contributed by atoms with van der Waals surface area (Å²) in [7, 11) is -6.48. The Morgan fingerprint density at radius 3 is 1.13 bits per heavy atom. The van der Waals surface area contributed by atoms with E-state index >= 15 is 0 Å². The molecule has 0 unspecified atom stereocenters. The molecule has 0 bridgehead atoms.